The zero-order chi connectivity index (χ0) is 22.5. The number of nitro benzene ring substituents is 1. The molecule has 2 aromatic rings. The largest absolute Gasteiger partial charge is 0.463 e. The Labute approximate surface area is 178 Å². The number of benzene rings is 1. The zero-order valence-electron chi connectivity index (χ0n) is 17.3. The van der Waals surface area contributed by atoms with Crippen molar-refractivity contribution in [3.05, 3.63) is 80.9 Å². The van der Waals surface area contributed by atoms with Crippen LogP contribution in [-0.2, 0) is 19.1 Å². The molecule has 0 saturated heterocycles. The first kappa shape index (κ1) is 21.8. The van der Waals surface area contributed by atoms with Gasteiger partial charge in [-0.3, -0.25) is 10.1 Å². The molecule has 1 unspecified atom stereocenters. The van der Waals surface area contributed by atoms with E-state index in [0.717, 1.165) is 0 Å². The van der Waals surface area contributed by atoms with Crippen LogP contribution in [0.3, 0.4) is 0 Å². The number of esters is 2. The zero-order valence-corrected chi connectivity index (χ0v) is 17.3. The van der Waals surface area contributed by atoms with Crippen LogP contribution in [0, 0.1) is 10.1 Å². The lowest BCUT2D eigenvalue weighted by molar-refractivity contribution is -0.384. The van der Waals surface area contributed by atoms with Crippen molar-refractivity contribution < 1.29 is 28.4 Å². The summed E-state index contributed by atoms with van der Waals surface area (Å²) < 4.78 is 16.0. The van der Waals surface area contributed by atoms with Gasteiger partial charge in [-0.25, -0.2) is 9.59 Å². The molecule has 3 rings (SSSR count). The van der Waals surface area contributed by atoms with Crippen molar-refractivity contribution in [2.75, 3.05) is 13.2 Å². The Morgan fingerprint density at radius 1 is 1.10 bits per heavy atom. The number of nitrogens with zero attached hydrogens (tertiary/aromatic N) is 1. The van der Waals surface area contributed by atoms with Gasteiger partial charge in [0.15, 0.2) is 5.76 Å². The number of allylic oxidation sites excluding steroid dienone is 1. The molecule has 0 radical (unpaired) electrons. The highest BCUT2D eigenvalue weighted by atomic mass is 16.6. The number of furan rings is 1. The highest BCUT2D eigenvalue weighted by Gasteiger charge is 2.40. The lowest BCUT2D eigenvalue weighted by Gasteiger charge is -2.30. The molecule has 1 aliphatic heterocycles. The van der Waals surface area contributed by atoms with Crippen LogP contribution in [0.25, 0.3) is 5.70 Å². The van der Waals surface area contributed by atoms with Crippen LogP contribution < -0.4 is 5.32 Å². The van der Waals surface area contributed by atoms with Crippen molar-refractivity contribution in [1.29, 1.82) is 0 Å². The van der Waals surface area contributed by atoms with Gasteiger partial charge in [-0.2, -0.15) is 0 Å². The van der Waals surface area contributed by atoms with Crippen LogP contribution in [0.5, 0.6) is 0 Å². The Morgan fingerprint density at radius 2 is 1.77 bits per heavy atom. The van der Waals surface area contributed by atoms with Gasteiger partial charge in [-0.1, -0.05) is 12.1 Å². The molecular formula is C22H22N2O7. The molecule has 0 saturated carbocycles. The standard InChI is InChI=1S/C22H22N2O7/c1-4-29-21(25)17-13(3)23-20(16-10-7-11-31-16)19(22(26)30-5-2)18(17)14-8-6-9-15(12-14)24(27)28/h6-12,18,23H,4-5H2,1-3H3. The Kier molecular flexibility index (Phi) is 6.54. The molecular weight excluding hydrogens is 404 g/mol. The summed E-state index contributed by atoms with van der Waals surface area (Å²) in [5.41, 5.74) is 1.25. The van der Waals surface area contributed by atoms with E-state index in [2.05, 4.69) is 5.32 Å². The van der Waals surface area contributed by atoms with E-state index in [1.165, 1.54) is 24.5 Å². The summed E-state index contributed by atoms with van der Waals surface area (Å²) in [5.74, 6) is -1.91. The third-order valence-corrected chi connectivity index (χ3v) is 4.74. The van der Waals surface area contributed by atoms with Crippen LogP contribution in [0.2, 0.25) is 0 Å². The van der Waals surface area contributed by atoms with E-state index in [0.29, 0.717) is 22.7 Å². The van der Waals surface area contributed by atoms with Gasteiger partial charge in [-0.05, 0) is 38.5 Å². The van der Waals surface area contributed by atoms with Crippen molar-refractivity contribution in [3.8, 4) is 0 Å². The summed E-state index contributed by atoms with van der Waals surface area (Å²) in [6.07, 6.45) is 1.45. The number of nitro groups is 1. The fourth-order valence-electron chi connectivity index (χ4n) is 3.50. The lowest BCUT2D eigenvalue weighted by atomic mass is 9.79. The summed E-state index contributed by atoms with van der Waals surface area (Å²) in [5, 5.41) is 14.4. The SMILES string of the molecule is CCOC(=O)C1=C(C)NC(c2ccco2)=C(C(=O)OCC)C1c1cccc([N+](=O)[O-])c1. The molecule has 1 aromatic heterocycles. The smallest absolute Gasteiger partial charge is 0.337 e. The molecule has 0 spiro atoms. The Balaban J connectivity index is 2.30. The maximum atomic E-state index is 13.1. The maximum absolute atomic E-state index is 13.1. The van der Waals surface area contributed by atoms with Crippen molar-refractivity contribution in [2.45, 2.75) is 26.7 Å². The second-order valence-electron chi connectivity index (χ2n) is 6.66. The van der Waals surface area contributed by atoms with Crippen LogP contribution in [0.15, 0.2) is 63.9 Å². The third kappa shape index (κ3) is 4.35. The molecule has 9 heteroatoms. The Bertz CT molecular complexity index is 1070. The quantitative estimate of drug-likeness (QED) is 0.404. The minimum atomic E-state index is -0.959. The van der Waals surface area contributed by atoms with Crippen molar-refractivity contribution in [3.63, 3.8) is 0 Å². The highest BCUT2D eigenvalue weighted by molar-refractivity contribution is 6.05. The van der Waals surface area contributed by atoms with Crippen molar-refractivity contribution >= 4 is 23.3 Å². The summed E-state index contributed by atoms with van der Waals surface area (Å²) in [6, 6.07) is 9.12. The summed E-state index contributed by atoms with van der Waals surface area (Å²) in [6.45, 7) is 5.23. The topological polar surface area (TPSA) is 121 Å². The van der Waals surface area contributed by atoms with E-state index < -0.39 is 22.8 Å². The van der Waals surface area contributed by atoms with Gasteiger partial charge in [0.25, 0.3) is 5.69 Å². The van der Waals surface area contributed by atoms with Crippen LogP contribution in [0.4, 0.5) is 5.69 Å². The van der Waals surface area contributed by atoms with E-state index in [4.69, 9.17) is 13.9 Å². The van der Waals surface area contributed by atoms with Crippen LogP contribution in [0.1, 0.15) is 38.0 Å². The molecule has 162 valence electrons. The number of non-ortho nitro benzene ring substituents is 1. The summed E-state index contributed by atoms with van der Waals surface area (Å²) >= 11 is 0. The molecule has 0 amide bonds. The van der Waals surface area contributed by atoms with Crippen molar-refractivity contribution in [2.24, 2.45) is 0 Å². The molecule has 2 heterocycles. The number of nitrogens with one attached hydrogen (secondary N) is 1. The van der Waals surface area contributed by atoms with Gasteiger partial charge in [0.05, 0.1) is 47.2 Å². The van der Waals surface area contributed by atoms with Gasteiger partial charge in [-0.15, -0.1) is 0 Å². The molecule has 1 atom stereocenters. The predicted molar refractivity (Wildman–Crippen MR) is 111 cm³/mol. The predicted octanol–water partition coefficient (Wildman–Crippen LogP) is 3.69. The van der Waals surface area contributed by atoms with Gasteiger partial charge in [0, 0.05) is 17.8 Å². The number of rotatable bonds is 7. The first-order chi connectivity index (χ1) is 14.9. The number of dihydropyridines is 1. The molecule has 0 aliphatic carbocycles. The van der Waals surface area contributed by atoms with E-state index in [1.54, 1.807) is 39.0 Å². The minimum absolute atomic E-state index is 0.103. The van der Waals surface area contributed by atoms with E-state index in [-0.39, 0.29) is 30.0 Å². The Morgan fingerprint density at radius 3 is 2.35 bits per heavy atom. The molecule has 31 heavy (non-hydrogen) atoms. The summed E-state index contributed by atoms with van der Waals surface area (Å²) in [4.78, 5) is 36.8. The monoisotopic (exact) mass is 426 g/mol. The fourth-order valence-corrected chi connectivity index (χ4v) is 3.50. The number of hydrogen-bond donors (Lipinski definition) is 1. The molecule has 1 aliphatic rings. The molecule has 0 fully saturated rings. The summed E-state index contributed by atoms with van der Waals surface area (Å²) in [7, 11) is 0. The first-order valence-corrected chi connectivity index (χ1v) is 9.73. The normalized spacial score (nSPS) is 16.0. The maximum Gasteiger partial charge on any atom is 0.337 e. The average Bonchev–Trinajstić information content (AvgIpc) is 3.28. The number of carbonyl (C=O) groups excluding carboxylic acids is 2. The third-order valence-electron chi connectivity index (χ3n) is 4.74. The lowest BCUT2D eigenvalue weighted by Crippen LogP contribution is -2.32. The molecule has 0 bridgehead atoms. The number of carbonyl (C=O) groups is 2. The molecule has 1 N–H and O–H groups in total. The van der Waals surface area contributed by atoms with E-state index >= 15 is 0 Å². The Hall–Kier alpha value is -3.88. The van der Waals surface area contributed by atoms with Gasteiger partial charge < -0.3 is 19.2 Å². The van der Waals surface area contributed by atoms with Gasteiger partial charge >= 0.3 is 11.9 Å². The van der Waals surface area contributed by atoms with E-state index in [1.807, 2.05) is 0 Å². The second kappa shape index (κ2) is 9.29. The number of hydrogen-bond acceptors (Lipinski definition) is 8. The van der Waals surface area contributed by atoms with E-state index in [9.17, 15) is 19.7 Å². The highest BCUT2D eigenvalue weighted by Crippen LogP contribution is 2.42. The average molecular weight is 426 g/mol. The van der Waals surface area contributed by atoms with Crippen LogP contribution >= 0.6 is 0 Å². The molecule has 1 aromatic carbocycles. The first-order valence-electron chi connectivity index (χ1n) is 9.73. The van der Waals surface area contributed by atoms with Gasteiger partial charge in [0.2, 0.25) is 0 Å². The molecule has 9 nitrogen and oxygen atoms in total. The van der Waals surface area contributed by atoms with Gasteiger partial charge in [0.1, 0.15) is 0 Å². The van der Waals surface area contributed by atoms with Crippen LogP contribution in [-0.4, -0.2) is 30.1 Å². The fraction of sp³-hybridized carbons (Fsp3) is 0.273. The number of ether oxygens (including phenoxy) is 2. The van der Waals surface area contributed by atoms with Crippen molar-refractivity contribution in [1.82, 2.24) is 5.32 Å². The minimum Gasteiger partial charge on any atom is -0.463 e. The second-order valence-corrected chi connectivity index (χ2v) is 6.66.